The number of hydrogen-bond acceptors (Lipinski definition) is 4. The topological polar surface area (TPSA) is 91.6 Å². The van der Waals surface area contributed by atoms with Crippen molar-refractivity contribution in [1.82, 2.24) is 14.8 Å². The van der Waals surface area contributed by atoms with E-state index in [1.165, 1.54) is 4.90 Å². The summed E-state index contributed by atoms with van der Waals surface area (Å²) in [6.07, 6.45) is 2.79. The van der Waals surface area contributed by atoms with Gasteiger partial charge in [0.2, 0.25) is 11.8 Å². The molecule has 1 aliphatic rings. The molecule has 1 saturated heterocycles. The maximum atomic E-state index is 14.2. The summed E-state index contributed by atoms with van der Waals surface area (Å²) in [6, 6.07) is 11.4. The van der Waals surface area contributed by atoms with Gasteiger partial charge in [-0.2, -0.15) is 0 Å². The average Bonchev–Trinajstić information content (AvgIpc) is 3.45. The summed E-state index contributed by atoms with van der Waals surface area (Å²) in [5.74, 6) is -1.42. The fourth-order valence-electron chi connectivity index (χ4n) is 4.24. The zero-order chi connectivity index (χ0) is 23.5. The van der Waals surface area contributed by atoms with E-state index in [0.717, 1.165) is 0 Å². The Morgan fingerprint density at radius 1 is 1.15 bits per heavy atom. The molecule has 0 aliphatic carbocycles. The van der Waals surface area contributed by atoms with Gasteiger partial charge in [-0.25, -0.2) is 4.39 Å². The summed E-state index contributed by atoms with van der Waals surface area (Å²) in [5.41, 5.74) is 1.41. The van der Waals surface area contributed by atoms with E-state index in [1.807, 2.05) is 6.07 Å². The van der Waals surface area contributed by atoms with Gasteiger partial charge in [0, 0.05) is 41.3 Å². The number of nitrogens with one attached hydrogen (secondary N) is 1. The minimum atomic E-state index is -0.631. The third kappa shape index (κ3) is 4.69. The van der Waals surface area contributed by atoms with E-state index < -0.39 is 24.2 Å². The van der Waals surface area contributed by atoms with Gasteiger partial charge in [-0.05, 0) is 40.9 Å². The first kappa shape index (κ1) is 23.1. The van der Waals surface area contributed by atoms with E-state index in [9.17, 15) is 23.9 Å². The van der Waals surface area contributed by atoms with Crippen LogP contribution >= 0.6 is 15.9 Å². The molecule has 2 aromatic carbocycles. The van der Waals surface area contributed by atoms with Gasteiger partial charge in [0.25, 0.3) is 0 Å². The second-order valence-corrected chi connectivity index (χ2v) is 8.80. The lowest BCUT2D eigenvalue weighted by Crippen LogP contribution is -2.46. The number of Topliss-reactive ketones (excluding diaryl/α,β-unsaturated/α-hetero) is 1. The van der Waals surface area contributed by atoms with Crippen LogP contribution in [0.15, 0.2) is 53.1 Å². The molecule has 3 aromatic rings. The standard InChI is InChI=1S/C24H23BrFN3O4/c25-18-7-3-5-15(23(18)26)11-27-24(33)20-9-4-10-29(20)22(32)13-28-12-17(21(31)14-30)16-6-1-2-8-19(16)28/h1-3,5-8,12,20,30H,4,9-11,13-14H2,(H,27,33)/t20-/m0/s1. The monoisotopic (exact) mass is 515 g/mol. The van der Waals surface area contributed by atoms with Crippen LogP contribution < -0.4 is 5.32 Å². The predicted octanol–water partition coefficient (Wildman–Crippen LogP) is 3.03. The Morgan fingerprint density at radius 3 is 2.73 bits per heavy atom. The number of fused-ring (bicyclic) bond motifs is 1. The van der Waals surface area contributed by atoms with Crippen molar-refractivity contribution in [2.24, 2.45) is 0 Å². The van der Waals surface area contributed by atoms with Gasteiger partial charge in [-0.3, -0.25) is 14.4 Å². The number of carbonyl (C=O) groups excluding carboxylic acids is 3. The van der Waals surface area contributed by atoms with Crippen molar-refractivity contribution in [3.8, 4) is 0 Å². The van der Waals surface area contributed by atoms with Gasteiger partial charge in [-0.15, -0.1) is 0 Å². The Kier molecular flexibility index (Phi) is 6.90. The molecule has 0 radical (unpaired) electrons. The Balaban J connectivity index is 1.48. The molecule has 2 heterocycles. The highest BCUT2D eigenvalue weighted by molar-refractivity contribution is 9.10. The first-order valence-electron chi connectivity index (χ1n) is 10.6. The first-order chi connectivity index (χ1) is 15.9. The fourth-order valence-corrected chi connectivity index (χ4v) is 4.65. The van der Waals surface area contributed by atoms with Crippen LogP contribution in [-0.4, -0.2) is 51.4 Å². The number of hydrogen-bond donors (Lipinski definition) is 2. The number of nitrogens with zero attached hydrogens (tertiary/aromatic N) is 2. The number of halogens is 2. The predicted molar refractivity (Wildman–Crippen MR) is 124 cm³/mol. The third-order valence-corrected chi connectivity index (χ3v) is 6.51. The number of ketones is 1. The first-order valence-corrected chi connectivity index (χ1v) is 11.4. The molecule has 0 saturated carbocycles. The van der Waals surface area contributed by atoms with Gasteiger partial charge in [0.1, 0.15) is 25.0 Å². The summed E-state index contributed by atoms with van der Waals surface area (Å²) in [6.45, 7) is -0.181. The number of benzene rings is 2. The molecule has 1 aliphatic heterocycles. The molecule has 9 heteroatoms. The number of aromatic nitrogens is 1. The number of carbonyl (C=O) groups is 3. The molecule has 7 nitrogen and oxygen atoms in total. The summed E-state index contributed by atoms with van der Waals surface area (Å²) in [7, 11) is 0. The summed E-state index contributed by atoms with van der Waals surface area (Å²) >= 11 is 3.13. The molecule has 1 aromatic heterocycles. The maximum absolute atomic E-state index is 14.2. The molecule has 172 valence electrons. The molecule has 0 spiro atoms. The lowest BCUT2D eigenvalue weighted by Gasteiger charge is -2.24. The summed E-state index contributed by atoms with van der Waals surface area (Å²) in [4.78, 5) is 39.6. The number of aliphatic hydroxyl groups is 1. The molecule has 4 rings (SSSR count). The molecule has 1 fully saturated rings. The Labute approximate surface area is 198 Å². The number of aliphatic hydroxyl groups excluding tert-OH is 1. The minimum absolute atomic E-state index is 0.0253. The van der Waals surface area contributed by atoms with Crippen molar-refractivity contribution in [1.29, 1.82) is 0 Å². The molecular weight excluding hydrogens is 493 g/mol. The van der Waals surface area contributed by atoms with E-state index in [0.29, 0.717) is 45.9 Å². The van der Waals surface area contributed by atoms with Crippen molar-refractivity contribution >= 4 is 44.4 Å². The van der Waals surface area contributed by atoms with Crippen LogP contribution in [0.1, 0.15) is 28.8 Å². The molecule has 1 atom stereocenters. The van der Waals surface area contributed by atoms with Crippen molar-refractivity contribution in [2.75, 3.05) is 13.2 Å². The fraction of sp³-hybridized carbons (Fsp3) is 0.292. The van der Waals surface area contributed by atoms with Gasteiger partial charge in [-0.1, -0.05) is 30.3 Å². The number of para-hydroxylation sites is 1. The van der Waals surface area contributed by atoms with Crippen molar-refractivity contribution in [3.63, 3.8) is 0 Å². The molecule has 2 N–H and O–H groups in total. The molecular formula is C24H23BrFN3O4. The van der Waals surface area contributed by atoms with Crippen LogP contribution in [0.2, 0.25) is 0 Å². The van der Waals surface area contributed by atoms with Crippen molar-refractivity contribution < 1.29 is 23.9 Å². The van der Waals surface area contributed by atoms with Crippen molar-refractivity contribution in [3.05, 3.63) is 70.1 Å². The molecule has 0 unspecified atom stereocenters. The van der Waals surface area contributed by atoms with E-state index in [4.69, 9.17) is 0 Å². The normalized spacial score (nSPS) is 15.7. The summed E-state index contributed by atoms with van der Waals surface area (Å²) in [5, 5.41) is 12.7. The molecule has 33 heavy (non-hydrogen) atoms. The van der Waals surface area contributed by atoms with Gasteiger partial charge in [0.05, 0.1) is 4.47 Å². The third-order valence-electron chi connectivity index (χ3n) is 5.90. The number of likely N-dealkylation sites (tertiary alicyclic amines) is 1. The second-order valence-electron chi connectivity index (χ2n) is 7.95. The highest BCUT2D eigenvalue weighted by atomic mass is 79.9. The van der Waals surface area contributed by atoms with E-state index in [2.05, 4.69) is 21.2 Å². The minimum Gasteiger partial charge on any atom is -0.388 e. The van der Waals surface area contributed by atoms with Crippen LogP contribution in [0.25, 0.3) is 10.9 Å². The van der Waals surface area contributed by atoms with Crippen LogP contribution in [0, 0.1) is 5.82 Å². The van der Waals surface area contributed by atoms with Gasteiger partial charge < -0.3 is 19.9 Å². The lowest BCUT2D eigenvalue weighted by molar-refractivity contribution is -0.138. The van der Waals surface area contributed by atoms with E-state index in [-0.39, 0.29) is 24.9 Å². The number of amides is 2. The second kappa shape index (κ2) is 9.84. The van der Waals surface area contributed by atoms with Gasteiger partial charge in [0.15, 0.2) is 5.78 Å². The Hall–Kier alpha value is -3.04. The van der Waals surface area contributed by atoms with Gasteiger partial charge >= 0.3 is 0 Å². The van der Waals surface area contributed by atoms with E-state index in [1.54, 1.807) is 47.2 Å². The van der Waals surface area contributed by atoms with E-state index >= 15 is 0 Å². The molecule has 0 bridgehead atoms. The SMILES string of the molecule is O=C(CO)c1cn(CC(=O)N2CCC[C@H]2C(=O)NCc2cccc(Br)c2F)c2ccccc12. The van der Waals surface area contributed by atoms with Crippen LogP contribution in [0.4, 0.5) is 4.39 Å². The highest BCUT2D eigenvalue weighted by Gasteiger charge is 2.34. The Bertz CT molecular complexity index is 1230. The van der Waals surface area contributed by atoms with Crippen LogP contribution in [-0.2, 0) is 22.7 Å². The van der Waals surface area contributed by atoms with Crippen molar-refractivity contribution in [2.45, 2.75) is 32.0 Å². The highest BCUT2D eigenvalue weighted by Crippen LogP contribution is 2.24. The van der Waals surface area contributed by atoms with Crippen LogP contribution in [0.5, 0.6) is 0 Å². The largest absolute Gasteiger partial charge is 0.388 e. The zero-order valence-corrected chi connectivity index (χ0v) is 19.3. The maximum Gasteiger partial charge on any atom is 0.243 e. The number of rotatable bonds is 7. The Morgan fingerprint density at radius 2 is 1.94 bits per heavy atom. The smallest absolute Gasteiger partial charge is 0.243 e. The lowest BCUT2D eigenvalue weighted by atomic mass is 10.1. The zero-order valence-electron chi connectivity index (χ0n) is 17.8. The quantitative estimate of drug-likeness (QED) is 0.473. The van der Waals surface area contributed by atoms with Crippen LogP contribution in [0.3, 0.4) is 0 Å². The summed E-state index contributed by atoms with van der Waals surface area (Å²) < 4.78 is 16.2. The molecule has 2 amide bonds. The average molecular weight is 516 g/mol.